The fourth-order valence-electron chi connectivity index (χ4n) is 2.95. The Labute approximate surface area is 180 Å². The lowest BCUT2D eigenvalue weighted by molar-refractivity contribution is -0.384. The SMILES string of the molecule is CCCN(CC(=O)Nc1ccccc1C)C(=O)c1cc(C(=O)OCC)cc([N+](=O)[O-])c1. The van der Waals surface area contributed by atoms with Gasteiger partial charge in [-0.3, -0.25) is 19.7 Å². The summed E-state index contributed by atoms with van der Waals surface area (Å²) in [7, 11) is 0. The molecule has 0 atom stereocenters. The summed E-state index contributed by atoms with van der Waals surface area (Å²) in [5, 5.41) is 14.0. The van der Waals surface area contributed by atoms with Crippen molar-refractivity contribution in [3.05, 3.63) is 69.3 Å². The summed E-state index contributed by atoms with van der Waals surface area (Å²) in [6, 6.07) is 10.6. The van der Waals surface area contributed by atoms with Gasteiger partial charge in [0, 0.05) is 29.9 Å². The molecule has 0 saturated heterocycles. The number of non-ortho nitro benzene ring substituents is 1. The van der Waals surface area contributed by atoms with Crippen LogP contribution in [0, 0.1) is 17.0 Å². The predicted octanol–water partition coefficient (Wildman–Crippen LogP) is 3.57. The van der Waals surface area contributed by atoms with E-state index in [0.29, 0.717) is 12.1 Å². The quantitative estimate of drug-likeness (QED) is 0.371. The molecule has 0 saturated carbocycles. The Morgan fingerprint density at radius 3 is 2.39 bits per heavy atom. The van der Waals surface area contributed by atoms with E-state index < -0.39 is 28.4 Å². The van der Waals surface area contributed by atoms with Gasteiger partial charge in [0.1, 0.15) is 6.54 Å². The van der Waals surface area contributed by atoms with E-state index in [1.54, 1.807) is 19.1 Å². The molecule has 9 heteroatoms. The number of carbonyl (C=O) groups excluding carboxylic acids is 3. The number of nitrogens with one attached hydrogen (secondary N) is 1. The number of hydrogen-bond acceptors (Lipinski definition) is 6. The Bertz CT molecular complexity index is 989. The number of nitro groups is 1. The Balaban J connectivity index is 2.29. The van der Waals surface area contributed by atoms with Gasteiger partial charge in [-0.25, -0.2) is 4.79 Å². The fourth-order valence-corrected chi connectivity index (χ4v) is 2.95. The monoisotopic (exact) mass is 427 g/mol. The Kier molecular flexibility index (Phi) is 8.25. The van der Waals surface area contributed by atoms with Crippen molar-refractivity contribution >= 4 is 29.2 Å². The zero-order valence-electron chi connectivity index (χ0n) is 17.7. The zero-order chi connectivity index (χ0) is 23.0. The Morgan fingerprint density at radius 2 is 1.77 bits per heavy atom. The normalized spacial score (nSPS) is 10.3. The third-order valence-electron chi connectivity index (χ3n) is 4.42. The second-order valence-electron chi connectivity index (χ2n) is 6.84. The summed E-state index contributed by atoms with van der Waals surface area (Å²) in [6.45, 7) is 5.42. The molecule has 0 aromatic heterocycles. The van der Waals surface area contributed by atoms with Gasteiger partial charge in [-0.2, -0.15) is 0 Å². The topological polar surface area (TPSA) is 119 Å². The fraction of sp³-hybridized carbons (Fsp3) is 0.318. The highest BCUT2D eigenvalue weighted by molar-refractivity contribution is 6.01. The molecular formula is C22H25N3O6. The molecule has 0 heterocycles. The van der Waals surface area contributed by atoms with Crippen molar-refractivity contribution in [1.82, 2.24) is 4.90 Å². The number of benzene rings is 2. The average Bonchev–Trinajstić information content (AvgIpc) is 2.74. The number of aryl methyl sites for hydroxylation is 1. The van der Waals surface area contributed by atoms with Crippen LogP contribution in [0.3, 0.4) is 0 Å². The van der Waals surface area contributed by atoms with Crippen molar-refractivity contribution in [2.45, 2.75) is 27.2 Å². The molecule has 31 heavy (non-hydrogen) atoms. The van der Waals surface area contributed by atoms with Gasteiger partial charge in [-0.1, -0.05) is 25.1 Å². The molecule has 0 aliphatic carbocycles. The Hall–Kier alpha value is -3.75. The van der Waals surface area contributed by atoms with Crippen LogP contribution in [0.5, 0.6) is 0 Å². The molecular weight excluding hydrogens is 402 g/mol. The molecule has 1 N–H and O–H groups in total. The zero-order valence-corrected chi connectivity index (χ0v) is 17.7. The number of nitro benzene ring substituents is 1. The number of nitrogens with zero attached hydrogens (tertiary/aromatic N) is 2. The van der Waals surface area contributed by atoms with E-state index in [1.165, 1.54) is 11.0 Å². The first-order valence-corrected chi connectivity index (χ1v) is 9.88. The van der Waals surface area contributed by atoms with E-state index in [9.17, 15) is 24.5 Å². The lowest BCUT2D eigenvalue weighted by atomic mass is 10.1. The summed E-state index contributed by atoms with van der Waals surface area (Å²) >= 11 is 0. The molecule has 2 rings (SSSR count). The van der Waals surface area contributed by atoms with Crippen molar-refractivity contribution in [2.24, 2.45) is 0 Å². The molecule has 0 spiro atoms. The van der Waals surface area contributed by atoms with E-state index in [-0.39, 0.29) is 30.8 Å². The van der Waals surface area contributed by atoms with Gasteiger partial charge in [0.05, 0.1) is 17.1 Å². The molecule has 0 aliphatic heterocycles. The summed E-state index contributed by atoms with van der Waals surface area (Å²) in [4.78, 5) is 49.6. The van der Waals surface area contributed by atoms with E-state index in [2.05, 4.69) is 5.32 Å². The standard InChI is InChI=1S/C22H25N3O6/c1-4-10-24(14-20(26)23-19-9-7-6-8-15(19)3)21(27)16-11-17(22(28)31-5-2)13-18(12-16)25(29)30/h6-9,11-13H,4-5,10,14H2,1-3H3,(H,23,26). The number of amides is 2. The van der Waals surface area contributed by atoms with Crippen LogP contribution in [-0.4, -0.2) is 47.3 Å². The smallest absolute Gasteiger partial charge is 0.338 e. The van der Waals surface area contributed by atoms with Gasteiger partial charge in [-0.15, -0.1) is 0 Å². The van der Waals surface area contributed by atoms with Crippen molar-refractivity contribution in [1.29, 1.82) is 0 Å². The van der Waals surface area contributed by atoms with Gasteiger partial charge in [0.2, 0.25) is 5.91 Å². The van der Waals surface area contributed by atoms with Crippen LogP contribution in [0.1, 0.15) is 46.5 Å². The van der Waals surface area contributed by atoms with Crippen molar-refractivity contribution in [3.63, 3.8) is 0 Å². The third kappa shape index (κ3) is 6.36. The van der Waals surface area contributed by atoms with E-state index in [1.807, 2.05) is 26.0 Å². The predicted molar refractivity (Wildman–Crippen MR) is 115 cm³/mol. The van der Waals surface area contributed by atoms with Crippen LogP contribution in [0.25, 0.3) is 0 Å². The maximum Gasteiger partial charge on any atom is 0.338 e. The second kappa shape index (κ2) is 10.9. The van der Waals surface area contributed by atoms with E-state index in [0.717, 1.165) is 17.7 Å². The minimum Gasteiger partial charge on any atom is -0.462 e. The highest BCUT2D eigenvalue weighted by Gasteiger charge is 2.23. The molecule has 9 nitrogen and oxygen atoms in total. The molecule has 0 unspecified atom stereocenters. The summed E-state index contributed by atoms with van der Waals surface area (Å²) in [6.07, 6.45) is 0.572. The van der Waals surface area contributed by atoms with Gasteiger partial charge in [0.15, 0.2) is 0 Å². The van der Waals surface area contributed by atoms with Crippen LogP contribution in [0.15, 0.2) is 42.5 Å². The third-order valence-corrected chi connectivity index (χ3v) is 4.42. The van der Waals surface area contributed by atoms with Gasteiger partial charge in [-0.05, 0) is 38.0 Å². The summed E-state index contributed by atoms with van der Waals surface area (Å²) in [5.74, 6) is -1.75. The van der Waals surface area contributed by atoms with Crippen LogP contribution < -0.4 is 5.32 Å². The number of hydrogen-bond donors (Lipinski definition) is 1. The largest absolute Gasteiger partial charge is 0.462 e. The van der Waals surface area contributed by atoms with Crippen molar-refractivity contribution in [2.75, 3.05) is 25.0 Å². The minimum absolute atomic E-state index is 0.0607. The molecule has 0 bridgehead atoms. The highest BCUT2D eigenvalue weighted by atomic mass is 16.6. The number of ether oxygens (including phenoxy) is 1. The molecule has 2 aromatic carbocycles. The maximum atomic E-state index is 13.1. The second-order valence-corrected chi connectivity index (χ2v) is 6.84. The first kappa shape index (κ1) is 23.5. The average molecular weight is 427 g/mol. The van der Waals surface area contributed by atoms with Gasteiger partial charge in [0.25, 0.3) is 11.6 Å². The Morgan fingerprint density at radius 1 is 1.10 bits per heavy atom. The number of carbonyl (C=O) groups is 3. The van der Waals surface area contributed by atoms with Crippen LogP contribution in [0.4, 0.5) is 11.4 Å². The lowest BCUT2D eigenvalue weighted by Gasteiger charge is -2.22. The van der Waals surface area contributed by atoms with Crippen LogP contribution in [-0.2, 0) is 9.53 Å². The summed E-state index contributed by atoms with van der Waals surface area (Å²) < 4.78 is 4.90. The molecule has 2 aromatic rings. The van der Waals surface area contributed by atoms with Gasteiger partial charge < -0.3 is 15.0 Å². The van der Waals surface area contributed by atoms with Crippen molar-refractivity contribution in [3.8, 4) is 0 Å². The first-order valence-electron chi connectivity index (χ1n) is 9.88. The van der Waals surface area contributed by atoms with E-state index >= 15 is 0 Å². The van der Waals surface area contributed by atoms with Crippen LogP contribution in [0.2, 0.25) is 0 Å². The maximum absolute atomic E-state index is 13.1. The van der Waals surface area contributed by atoms with Crippen molar-refractivity contribution < 1.29 is 24.0 Å². The molecule has 0 fully saturated rings. The number of anilines is 1. The van der Waals surface area contributed by atoms with Gasteiger partial charge >= 0.3 is 5.97 Å². The highest BCUT2D eigenvalue weighted by Crippen LogP contribution is 2.20. The minimum atomic E-state index is -0.764. The van der Waals surface area contributed by atoms with E-state index in [4.69, 9.17) is 4.74 Å². The first-order chi connectivity index (χ1) is 14.8. The summed E-state index contributed by atoms with van der Waals surface area (Å²) in [5.41, 5.74) is 0.947. The number of para-hydroxylation sites is 1. The lowest BCUT2D eigenvalue weighted by Crippen LogP contribution is -2.38. The molecule has 0 aliphatic rings. The number of rotatable bonds is 9. The molecule has 2 amide bonds. The molecule has 0 radical (unpaired) electrons. The van der Waals surface area contributed by atoms with Crippen LogP contribution >= 0.6 is 0 Å². The molecule has 164 valence electrons. The number of esters is 1.